The minimum absolute atomic E-state index is 0.0799. The lowest BCUT2D eigenvalue weighted by Crippen LogP contribution is -2.09. The number of aliphatic imine (C=N–C) groups is 1. The summed E-state index contributed by atoms with van der Waals surface area (Å²) in [6.07, 6.45) is 0. The van der Waals surface area contributed by atoms with Crippen LogP contribution >= 0.6 is 11.8 Å². The van der Waals surface area contributed by atoms with Crippen LogP contribution in [0.5, 0.6) is 0 Å². The van der Waals surface area contributed by atoms with E-state index in [1.807, 2.05) is 6.07 Å². The van der Waals surface area contributed by atoms with E-state index in [-0.39, 0.29) is 10.4 Å². The maximum absolute atomic E-state index is 8.43. The molecule has 4 N–H and O–H groups in total. The van der Waals surface area contributed by atoms with Gasteiger partial charge in [-0.05, 0) is 12.1 Å². The summed E-state index contributed by atoms with van der Waals surface area (Å²) < 4.78 is 0. The van der Waals surface area contributed by atoms with Crippen LogP contribution in [0.25, 0.3) is 0 Å². The highest BCUT2D eigenvalue weighted by Gasteiger charge is 2.03. The third kappa shape index (κ3) is 3.46. The van der Waals surface area contributed by atoms with E-state index in [2.05, 4.69) is 9.88 Å². The van der Waals surface area contributed by atoms with E-state index in [9.17, 15) is 0 Å². The van der Waals surface area contributed by atoms with Crippen LogP contribution in [0.2, 0.25) is 0 Å². The van der Waals surface area contributed by atoms with Gasteiger partial charge in [0.15, 0.2) is 5.17 Å². The van der Waals surface area contributed by atoms with Gasteiger partial charge in [0.2, 0.25) is 0 Å². The molecule has 6 heteroatoms. The molecule has 0 aromatic heterocycles. The van der Waals surface area contributed by atoms with Crippen molar-refractivity contribution in [2.24, 2.45) is 10.7 Å². The first-order valence-corrected chi connectivity index (χ1v) is 4.51. The van der Waals surface area contributed by atoms with Crippen LogP contribution in [0.4, 0.5) is 5.69 Å². The molecule has 0 aliphatic carbocycles. The van der Waals surface area contributed by atoms with Crippen molar-refractivity contribution in [3.8, 4) is 0 Å². The molecule has 0 unspecified atom stereocenters. The van der Waals surface area contributed by atoms with Crippen molar-refractivity contribution in [1.29, 1.82) is 5.41 Å². The van der Waals surface area contributed by atoms with Crippen molar-refractivity contribution >= 4 is 27.8 Å². The second-order valence-electron chi connectivity index (χ2n) is 2.27. The fourth-order valence-corrected chi connectivity index (χ4v) is 1.14. The predicted molar refractivity (Wildman–Crippen MR) is 56.8 cm³/mol. The first-order chi connectivity index (χ1) is 6.72. The van der Waals surface area contributed by atoms with Crippen molar-refractivity contribution < 1.29 is 10.1 Å². The molecule has 0 saturated carbocycles. The number of rotatable bonds is 1. The van der Waals surface area contributed by atoms with Crippen LogP contribution < -0.4 is 5.73 Å². The lowest BCUT2D eigenvalue weighted by atomic mass is 10.3. The number of nitrogens with one attached hydrogen (secondary N) is 1. The van der Waals surface area contributed by atoms with Crippen molar-refractivity contribution in [1.82, 2.24) is 0 Å². The third-order valence-electron chi connectivity index (χ3n) is 1.25. The number of amidine groups is 1. The summed E-state index contributed by atoms with van der Waals surface area (Å²) in [6, 6.07) is 8.91. The molecule has 0 saturated heterocycles. The topological polar surface area (TPSA) is 91.7 Å². The smallest absolute Gasteiger partial charge is 0.299 e. The van der Waals surface area contributed by atoms with Crippen LogP contribution in [-0.2, 0) is 4.89 Å². The highest BCUT2D eigenvalue weighted by atomic mass is 32.2. The molecule has 0 heterocycles. The summed E-state index contributed by atoms with van der Waals surface area (Å²) >= 11 is 0.733. The Labute approximate surface area is 85.0 Å². The summed E-state index contributed by atoms with van der Waals surface area (Å²) in [7, 11) is 0. The van der Waals surface area contributed by atoms with Crippen molar-refractivity contribution in [3.63, 3.8) is 0 Å². The summed E-state index contributed by atoms with van der Waals surface area (Å²) in [4.78, 5) is 7.86. The number of para-hydroxylation sites is 1. The average molecular weight is 211 g/mol. The van der Waals surface area contributed by atoms with Gasteiger partial charge in [-0.3, -0.25) is 5.41 Å². The minimum atomic E-state index is -0.200. The van der Waals surface area contributed by atoms with Crippen LogP contribution in [0.1, 0.15) is 0 Å². The molecule has 0 amide bonds. The Morgan fingerprint density at radius 3 is 2.57 bits per heavy atom. The Morgan fingerprint density at radius 1 is 1.43 bits per heavy atom. The lowest BCUT2D eigenvalue weighted by Gasteiger charge is -1.99. The highest BCUT2D eigenvalue weighted by molar-refractivity contribution is 8.26. The van der Waals surface area contributed by atoms with Crippen LogP contribution in [0.15, 0.2) is 35.3 Å². The maximum atomic E-state index is 8.43. The van der Waals surface area contributed by atoms with Gasteiger partial charge in [0.1, 0.15) is 0 Å². The Hall–Kier alpha value is -1.53. The molecule has 74 valence electrons. The molecular weight excluding hydrogens is 202 g/mol. The largest absolute Gasteiger partial charge is 0.378 e. The first kappa shape index (κ1) is 10.6. The Kier molecular flexibility index (Phi) is 3.96. The molecule has 0 aliphatic heterocycles. The van der Waals surface area contributed by atoms with Gasteiger partial charge in [-0.2, -0.15) is 0 Å². The SMILES string of the molecule is N=C(N)SC(=Nc1ccccc1)OO. The fraction of sp³-hybridized carbons (Fsp3) is 0. The summed E-state index contributed by atoms with van der Waals surface area (Å²) in [6.45, 7) is 0. The molecule has 0 bridgehead atoms. The van der Waals surface area contributed by atoms with E-state index in [1.165, 1.54) is 0 Å². The number of nitrogens with zero attached hydrogens (tertiary/aromatic N) is 1. The van der Waals surface area contributed by atoms with Gasteiger partial charge >= 0.3 is 0 Å². The monoisotopic (exact) mass is 211 g/mol. The molecule has 5 nitrogen and oxygen atoms in total. The zero-order valence-corrected chi connectivity index (χ0v) is 7.99. The molecule has 1 rings (SSSR count). The molecular formula is C8H9N3O2S. The van der Waals surface area contributed by atoms with Gasteiger partial charge in [0.25, 0.3) is 5.23 Å². The summed E-state index contributed by atoms with van der Waals surface area (Å²) in [5.74, 6) is 0. The Morgan fingerprint density at radius 2 is 2.07 bits per heavy atom. The highest BCUT2D eigenvalue weighted by Crippen LogP contribution is 2.14. The maximum Gasteiger partial charge on any atom is 0.299 e. The lowest BCUT2D eigenvalue weighted by molar-refractivity contribution is -0.150. The summed E-state index contributed by atoms with van der Waals surface area (Å²) in [5.41, 5.74) is 5.71. The van der Waals surface area contributed by atoms with E-state index < -0.39 is 0 Å². The van der Waals surface area contributed by atoms with Gasteiger partial charge in [0, 0.05) is 11.8 Å². The molecule has 1 aromatic rings. The van der Waals surface area contributed by atoms with Crippen molar-refractivity contribution in [2.75, 3.05) is 0 Å². The second kappa shape index (κ2) is 5.25. The molecule has 0 atom stereocenters. The van der Waals surface area contributed by atoms with E-state index in [0.29, 0.717) is 5.69 Å². The Bertz CT molecular complexity index is 340. The van der Waals surface area contributed by atoms with Gasteiger partial charge in [-0.15, -0.1) is 0 Å². The van der Waals surface area contributed by atoms with Crippen LogP contribution in [0.3, 0.4) is 0 Å². The molecule has 14 heavy (non-hydrogen) atoms. The van der Waals surface area contributed by atoms with Crippen molar-refractivity contribution in [2.45, 2.75) is 0 Å². The summed E-state index contributed by atoms with van der Waals surface area (Å²) in [5, 5.41) is 15.1. The Balaban J connectivity index is 2.78. The van der Waals surface area contributed by atoms with Gasteiger partial charge in [-0.25, -0.2) is 10.2 Å². The number of hydrogen-bond acceptors (Lipinski definition) is 5. The van der Waals surface area contributed by atoms with Crippen LogP contribution in [-0.4, -0.2) is 15.7 Å². The first-order valence-electron chi connectivity index (χ1n) is 3.69. The van der Waals surface area contributed by atoms with Crippen LogP contribution in [0, 0.1) is 5.41 Å². The van der Waals surface area contributed by atoms with Crippen molar-refractivity contribution in [3.05, 3.63) is 30.3 Å². The van der Waals surface area contributed by atoms with E-state index in [0.717, 1.165) is 11.8 Å². The fourth-order valence-electron chi connectivity index (χ4n) is 0.764. The number of nitrogens with two attached hydrogens (primary N) is 1. The molecule has 1 aromatic carbocycles. The van der Waals surface area contributed by atoms with E-state index in [1.54, 1.807) is 24.3 Å². The standard InChI is InChI=1S/C8H9N3O2S/c9-7(10)14-8(13-12)11-6-4-2-1-3-5-6/h1-5,12H,(H3,9,10). The van der Waals surface area contributed by atoms with Gasteiger partial charge in [-0.1, -0.05) is 18.2 Å². The van der Waals surface area contributed by atoms with Gasteiger partial charge in [0.05, 0.1) is 5.69 Å². The molecule has 0 spiro atoms. The zero-order valence-electron chi connectivity index (χ0n) is 7.18. The molecule has 0 aliphatic rings. The second-order valence-corrected chi connectivity index (χ2v) is 3.26. The molecule has 0 fully saturated rings. The molecule has 0 radical (unpaired) electrons. The average Bonchev–Trinajstić information content (AvgIpc) is 2.17. The quantitative estimate of drug-likeness (QED) is 0.286. The number of thioether (sulfide) groups is 1. The number of benzene rings is 1. The third-order valence-corrected chi connectivity index (χ3v) is 1.81. The zero-order chi connectivity index (χ0) is 10.4. The van der Waals surface area contributed by atoms with E-state index in [4.69, 9.17) is 16.4 Å². The van der Waals surface area contributed by atoms with Gasteiger partial charge < -0.3 is 10.6 Å². The number of hydrogen-bond donors (Lipinski definition) is 3. The predicted octanol–water partition coefficient (Wildman–Crippen LogP) is 1.79. The van der Waals surface area contributed by atoms with E-state index >= 15 is 0 Å². The minimum Gasteiger partial charge on any atom is -0.378 e. The normalized spacial score (nSPS) is 11.1.